The summed E-state index contributed by atoms with van der Waals surface area (Å²) < 4.78 is 5.80. The number of ether oxygens (including phenoxy) is 1. The number of non-ortho nitro benzene ring substituents is 1. The summed E-state index contributed by atoms with van der Waals surface area (Å²) in [5, 5.41) is 10.7. The number of nitro benzene ring substituents is 1. The molecule has 4 unspecified atom stereocenters. The Morgan fingerprint density at radius 3 is 2.23 bits per heavy atom. The van der Waals surface area contributed by atoms with E-state index < -0.39 is 4.92 Å². The molecule has 114 valence electrons. The van der Waals surface area contributed by atoms with E-state index in [0.717, 1.165) is 12.8 Å². The number of carbonyl (C=O) groups excluding carboxylic acids is 1. The van der Waals surface area contributed by atoms with E-state index in [2.05, 4.69) is 12.2 Å². The van der Waals surface area contributed by atoms with E-state index in [-0.39, 0.29) is 17.8 Å². The lowest BCUT2D eigenvalue weighted by molar-refractivity contribution is -0.384. The molecule has 4 atom stereocenters. The van der Waals surface area contributed by atoms with Crippen molar-refractivity contribution in [2.45, 2.75) is 25.4 Å². The van der Waals surface area contributed by atoms with Gasteiger partial charge in [0.1, 0.15) is 6.10 Å². The van der Waals surface area contributed by atoms with Gasteiger partial charge in [0.2, 0.25) is 0 Å². The minimum absolute atomic E-state index is 0.00134. The predicted molar refractivity (Wildman–Crippen MR) is 79.3 cm³/mol. The molecule has 5 nitrogen and oxygen atoms in total. The van der Waals surface area contributed by atoms with Crippen LogP contribution in [0.3, 0.4) is 0 Å². The maximum Gasteiger partial charge on any atom is 0.338 e. The van der Waals surface area contributed by atoms with E-state index in [1.165, 1.54) is 30.7 Å². The molecule has 1 aromatic rings. The Morgan fingerprint density at radius 2 is 1.68 bits per heavy atom. The van der Waals surface area contributed by atoms with Crippen LogP contribution in [0.2, 0.25) is 0 Å². The summed E-state index contributed by atoms with van der Waals surface area (Å²) in [7, 11) is 0. The van der Waals surface area contributed by atoms with Crippen LogP contribution in [0.15, 0.2) is 36.4 Å². The molecular formula is C17H17NO4. The second-order valence-corrected chi connectivity index (χ2v) is 6.53. The van der Waals surface area contributed by atoms with Crippen molar-refractivity contribution in [1.29, 1.82) is 0 Å². The van der Waals surface area contributed by atoms with Gasteiger partial charge >= 0.3 is 5.97 Å². The molecule has 0 N–H and O–H groups in total. The molecule has 3 aliphatic rings. The maximum atomic E-state index is 12.3. The summed E-state index contributed by atoms with van der Waals surface area (Å²) in [6.45, 7) is 0. The highest BCUT2D eigenvalue weighted by Crippen LogP contribution is 2.54. The summed E-state index contributed by atoms with van der Waals surface area (Å²) in [5.74, 6) is 1.64. The van der Waals surface area contributed by atoms with Crippen molar-refractivity contribution in [2.75, 3.05) is 0 Å². The van der Waals surface area contributed by atoms with Gasteiger partial charge in [0.15, 0.2) is 0 Å². The first-order chi connectivity index (χ1) is 10.6. The summed E-state index contributed by atoms with van der Waals surface area (Å²) in [4.78, 5) is 22.5. The van der Waals surface area contributed by atoms with E-state index in [0.29, 0.717) is 29.2 Å². The number of allylic oxidation sites excluding steroid dienone is 2. The third-order valence-electron chi connectivity index (χ3n) is 5.48. The van der Waals surface area contributed by atoms with Crippen LogP contribution < -0.4 is 0 Å². The first-order valence-corrected chi connectivity index (χ1v) is 7.77. The zero-order valence-electron chi connectivity index (χ0n) is 12.1. The number of benzene rings is 1. The van der Waals surface area contributed by atoms with Crippen molar-refractivity contribution >= 4 is 11.7 Å². The quantitative estimate of drug-likeness (QED) is 0.371. The smallest absolute Gasteiger partial charge is 0.338 e. The Morgan fingerprint density at radius 1 is 1.09 bits per heavy atom. The van der Waals surface area contributed by atoms with E-state index in [1.807, 2.05) is 0 Å². The zero-order valence-corrected chi connectivity index (χ0v) is 12.1. The fourth-order valence-electron chi connectivity index (χ4n) is 4.42. The highest BCUT2D eigenvalue weighted by Gasteiger charge is 2.51. The van der Waals surface area contributed by atoms with Crippen LogP contribution in [0, 0.1) is 33.8 Å². The molecule has 0 aliphatic heterocycles. The topological polar surface area (TPSA) is 69.4 Å². The Labute approximate surface area is 128 Å². The summed E-state index contributed by atoms with van der Waals surface area (Å²) in [6.07, 6.45) is 8.06. The number of nitrogens with zero attached hydrogens (tertiary/aromatic N) is 1. The van der Waals surface area contributed by atoms with Gasteiger partial charge in [-0.15, -0.1) is 0 Å². The molecule has 0 radical (unpaired) electrons. The summed E-state index contributed by atoms with van der Waals surface area (Å²) in [5.41, 5.74) is 0.368. The lowest BCUT2D eigenvalue weighted by atomic mass is 9.76. The number of hydrogen-bond acceptors (Lipinski definition) is 4. The summed E-state index contributed by atoms with van der Waals surface area (Å²) in [6, 6.07) is 5.63. The Kier molecular flexibility index (Phi) is 3.03. The number of nitro groups is 1. The molecule has 1 aromatic carbocycles. The van der Waals surface area contributed by atoms with E-state index in [9.17, 15) is 14.9 Å². The second-order valence-electron chi connectivity index (χ2n) is 6.53. The minimum atomic E-state index is -0.472. The maximum absolute atomic E-state index is 12.3. The van der Waals surface area contributed by atoms with Gasteiger partial charge in [-0.05, 0) is 43.2 Å². The molecule has 3 aliphatic carbocycles. The van der Waals surface area contributed by atoms with Crippen LogP contribution in [-0.4, -0.2) is 17.0 Å². The van der Waals surface area contributed by atoms with E-state index in [4.69, 9.17) is 4.74 Å². The van der Waals surface area contributed by atoms with E-state index >= 15 is 0 Å². The highest BCUT2D eigenvalue weighted by atomic mass is 16.6. The fourth-order valence-corrected chi connectivity index (χ4v) is 4.42. The molecule has 0 amide bonds. The molecule has 0 saturated heterocycles. The van der Waals surface area contributed by atoms with Gasteiger partial charge in [-0.3, -0.25) is 10.1 Å². The number of hydrogen-bond donors (Lipinski definition) is 0. The lowest BCUT2D eigenvalue weighted by Gasteiger charge is -2.35. The van der Waals surface area contributed by atoms with Crippen molar-refractivity contribution in [3.63, 3.8) is 0 Å². The van der Waals surface area contributed by atoms with Gasteiger partial charge in [0, 0.05) is 24.0 Å². The van der Waals surface area contributed by atoms with Gasteiger partial charge < -0.3 is 4.74 Å². The normalized spacial score (nSPS) is 34.6. The predicted octanol–water partition coefficient (Wildman–Crippen LogP) is 3.35. The van der Waals surface area contributed by atoms with Crippen LogP contribution in [0.4, 0.5) is 5.69 Å². The Bertz CT molecular complexity index is 631. The van der Waals surface area contributed by atoms with Crippen molar-refractivity contribution in [3.05, 3.63) is 52.1 Å². The van der Waals surface area contributed by atoms with Gasteiger partial charge in [-0.1, -0.05) is 12.2 Å². The summed E-state index contributed by atoms with van der Waals surface area (Å²) >= 11 is 0. The van der Waals surface area contributed by atoms with Crippen LogP contribution in [0.5, 0.6) is 0 Å². The third-order valence-corrected chi connectivity index (χ3v) is 5.48. The fraction of sp³-hybridized carbons (Fsp3) is 0.471. The number of carbonyl (C=O) groups is 1. The van der Waals surface area contributed by atoms with Gasteiger partial charge in [0.05, 0.1) is 10.5 Å². The first-order valence-electron chi connectivity index (χ1n) is 7.77. The van der Waals surface area contributed by atoms with Gasteiger partial charge in [-0.25, -0.2) is 4.79 Å². The molecule has 4 bridgehead atoms. The van der Waals surface area contributed by atoms with Crippen molar-refractivity contribution in [3.8, 4) is 0 Å². The number of fused-ring (bicyclic) bond motifs is 6. The average Bonchev–Trinajstić information content (AvgIpc) is 3.05. The zero-order chi connectivity index (χ0) is 15.3. The Hall–Kier alpha value is -2.17. The van der Waals surface area contributed by atoms with Gasteiger partial charge in [0.25, 0.3) is 5.69 Å². The van der Waals surface area contributed by atoms with Crippen molar-refractivity contribution in [2.24, 2.45) is 23.7 Å². The second kappa shape index (κ2) is 4.93. The van der Waals surface area contributed by atoms with Crippen LogP contribution in [0.1, 0.15) is 29.6 Å². The molecule has 2 saturated carbocycles. The number of rotatable bonds is 3. The molecule has 0 heterocycles. The highest BCUT2D eigenvalue weighted by molar-refractivity contribution is 5.89. The van der Waals surface area contributed by atoms with Crippen LogP contribution >= 0.6 is 0 Å². The molecule has 2 fully saturated rings. The Balaban J connectivity index is 1.50. The lowest BCUT2D eigenvalue weighted by Crippen LogP contribution is -2.37. The molecule has 4 rings (SSSR count). The van der Waals surface area contributed by atoms with Gasteiger partial charge in [-0.2, -0.15) is 0 Å². The number of esters is 1. The largest absolute Gasteiger partial charge is 0.458 e. The molecular weight excluding hydrogens is 282 g/mol. The van der Waals surface area contributed by atoms with Crippen molar-refractivity contribution in [1.82, 2.24) is 0 Å². The first kappa shape index (κ1) is 13.5. The molecule has 0 aromatic heterocycles. The van der Waals surface area contributed by atoms with E-state index in [1.54, 1.807) is 0 Å². The minimum Gasteiger partial charge on any atom is -0.458 e. The SMILES string of the molecule is O=C(OC1C2CCC1C1C=CC2C1)c1ccc([N+](=O)[O-])cc1. The monoisotopic (exact) mass is 299 g/mol. The van der Waals surface area contributed by atoms with Crippen LogP contribution in [-0.2, 0) is 4.74 Å². The third kappa shape index (κ3) is 2.03. The standard InChI is InChI=1S/C17H17NO4/c19-17(10-3-5-13(6-4-10)18(20)21)22-16-14-7-8-15(16)12-2-1-11(14)9-12/h1-6,11-12,14-16H,7-9H2. The molecule has 0 spiro atoms. The molecule has 5 heteroatoms. The molecule has 22 heavy (non-hydrogen) atoms. The van der Waals surface area contributed by atoms with Crippen LogP contribution in [0.25, 0.3) is 0 Å². The average molecular weight is 299 g/mol. The van der Waals surface area contributed by atoms with Crippen molar-refractivity contribution < 1.29 is 14.5 Å².